The van der Waals surface area contributed by atoms with E-state index >= 15 is 0 Å². The molecule has 1 amide bonds. The lowest BCUT2D eigenvalue weighted by atomic mass is 9.98. The largest absolute Gasteiger partial charge is 0.504 e. The zero-order valence-corrected chi connectivity index (χ0v) is 10.0. The molecule has 0 aliphatic carbocycles. The number of nitrogens with one attached hydrogen (secondary N) is 1. The Morgan fingerprint density at radius 3 is 2.65 bits per heavy atom. The molecule has 0 spiro atoms. The van der Waals surface area contributed by atoms with Gasteiger partial charge in [-0.05, 0) is 25.5 Å². The molecular weight excluding hydrogens is 220 g/mol. The number of benzene rings is 1. The van der Waals surface area contributed by atoms with Crippen LogP contribution in [0.2, 0.25) is 0 Å². The highest BCUT2D eigenvalue weighted by molar-refractivity contribution is 5.98. The SMILES string of the molecule is CCC(C)(CN)NC(=O)c1cccc(O)c1O. The highest BCUT2D eigenvalue weighted by atomic mass is 16.3. The molecule has 1 aromatic rings. The molecule has 1 unspecified atom stereocenters. The molecule has 5 nitrogen and oxygen atoms in total. The van der Waals surface area contributed by atoms with Crippen molar-refractivity contribution >= 4 is 5.91 Å². The first-order valence-electron chi connectivity index (χ1n) is 5.47. The van der Waals surface area contributed by atoms with Gasteiger partial charge < -0.3 is 21.3 Å². The molecule has 0 heterocycles. The van der Waals surface area contributed by atoms with Gasteiger partial charge in [0.05, 0.1) is 5.56 Å². The van der Waals surface area contributed by atoms with Crippen molar-refractivity contribution < 1.29 is 15.0 Å². The van der Waals surface area contributed by atoms with E-state index in [4.69, 9.17) is 5.73 Å². The van der Waals surface area contributed by atoms with Gasteiger partial charge in [-0.1, -0.05) is 13.0 Å². The number of hydrogen-bond acceptors (Lipinski definition) is 4. The Hall–Kier alpha value is -1.75. The van der Waals surface area contributed by atoms with Gasteiger partial charge in [0.15, 0.2) is 11.5 Å². The second-order valence-electron chi connectivity index (χ2n) is 4.25. The highest BCUT2D eigenvalue weighted by Gasteiger charge is 2.24. The topological polar surface area (TPSA) is 95.6 Å². The van der Waals surface area contributed by atoms with Crippen LogP contribution in [-0.4, -0.2) is 28.2 Å². The van der Waals surface area contributed by atoms with Crippen molar-refractivity contribution in [3.63, 3.8) is 0 Å². The lowest BCUT2D eigenvalue weighted by Crippen LogP contribution is -2.50. The van der Waals surface area contributed by atoms with E-state index in [0.717, 1.165) is 0 Å². The van der Waals surface area contributed by atoms with Crippen molar-refractivity contribution in [2.75, 3.05) is 6.54 Å². The summed E-state index contributed by atoms with van der Waals surface area (Å²) < 4.78 is 0. The van der Waals surface area contributed by atoms with Crippen LogP contribution in [0.15, 0.2) is 18.2 Å². The van der Waals surface area contributed by atoms with Crippen molar-refractivity contribution in [2.45, 2.75) is 25.8 Å². The van der Waals surface area contributed by atoms with Crippen LogP contribution in [0.4, 0.5) is 0 Å². The Labute approximate surface area is 100 Å². The second-order valence-corrected chi connectivity index (χ2v) is 4.25. The summed E-state index contributed by atoms with van der Waals surface area (Å²) in [5.41, 5.74) is 5.11. The van der Waals surface area contributed by atoms with Crippen LogP contribution in [0, 0.1) is 0 Å². The lowest BCUT2D eigenvalue weighted by molar-refractivity contribution is 0.0903. The zero-order chi connectivity index (χ0) is 13.1. The highest BCUT2D eigenvalue weighted by Crippen LogP contribution is 2.28. The van der Waals surface area contributed by atoms with E-state index in [-0.39, 0.29) is 11.3 Å². The fraction of sp³-hybridized carbons (Fsp3) is 0.417. The molecule has 0 fully saturated rings. The molecule has 94 valence electrons. The van der Waals surface area contributed by atoms with Crippen LogP contribution in [0.1, 0.15) is 30.6 Å². The lowest BCUT2D eigenvalue weighted by Gasteiger charge is -2.28. The predicted molar refractivity (Wildman–Crippen MR) is 65.0 cm³/mol. The van der Waals surface area contributed by atoms with Gasteiger partial charge in [0.2, 0.25) is 0 Å². The van der Waals surface area contributed by atoms with Crippen LogP contribution in [-0.2, 0) is 0 Å². The molecular formula is C12H18N2O3. The molecule has 0 aromatic heterocycles. The average molecular weight is 238 g/mol. The van der Waals surface area contributed by atoms with Gasteiger partial charge in [0, 0.05) is 12.1 Å². The maximum atomic E-state index is 11.9. The van der Waals surface area contributed by atoms with E-state index in [2.05, 4.69) is 5.32 Å². The van der Waals surface area contributed by atoms with Crippen molar-refractivity contribution in [1.29, 1.82) is 0 Å². The normalized spacial score (nSPS) is 14.1. The summed E-state index contributed by atoms with van der Waals surface area (Å²) in [6, 6.07) is 4.25. The number of carbonyl (C=O) groups excluding carboxylic acids is 1. The summed E-state index contributed by atoms with van der Waals surface area (Å²) in [6.45, 7) is 4.04. The first kappa shape index (κ1) is 13.3. The molecule has 0 aliphatic heterocycles. The number of phenols is 2. The molecule has 0 aliphatic rings. The second kappa shape index (κ2) is 5.05. The quantitative estimate of drug-likeness (QED) is 0.587. The Morgan fingerprint density at radius 2 is 2.12 bits per heavy atom. The number of para-hydroxylation sites is 1. The van der Waals surface area contributed by atoms with Crippen molar-refractivity contribution in [1.82, 2.24) is 5.32 Å². The molecule has 0 saturated heterocycles. The van der Waals surface area contributed by atoms with Crippen LogP contribution >= 0.6 is 0 Å². The number of carbonyl (C=O) groups is 1. The summed E-state index contributed by atoms with van der Waals surface area (Å²) >= 11 is 0. The molecule has 5 heteroatoms. The standard InChI is InChI=1S/C12H18N2O3/c1-3-12(2,7-13)14-11(17)8-5-4-6-9(15)10(8)16/h4-6,15-16H,3,7,13H2,1-2H3,(H,14,17). The Morgan fingerprint density at radius 1 is 1.47 bits per heavy atom. The number of amides is 1. The third kappa shape index (κ3) is 2.88. The number of rotatable bonds is 4. The van der Waals surface area contributed by atoms with Gasteiger partial charge in [-0.15, -0.1) is 0 Å². The third-order valence-electron chi connectivity index (χ3n) is 2.91. The van der Waals surface area contributed by atoms with Crippen LogP contribution in [0.25, 0.3) is 0 Å². The Bertz CT molecular complexity index is 414. The van der Waals surface area contributed by atoms with Gasteiger partial charge in [-0.3, -0.25) is 4.79 Å². The zero-order valence-electron chi connectivity index (χ0n) is 10.0. The van der Waals surface area contributed by atoms with Crippen LogP contribution in [0.3, 0.4) is 0 Å². The van der Waals surface area contributed by atoms with Gasteiger partial charge in [0.25, 0.3) is 5.91 Å². The fourth-order valence-corrected chi connectivity index (χ4v) is 1.34. The maximum absolute atomic E-state index is 11.9. The van der Waals surface area contributed by atoms with E-state index in [1.807, 2.05) is 13.8 Å². The Kier molecular flexibility index (Phi) is 3.96. The number of phenolic OH excluding ortho intramolecular Hbond substituents is 2. The van der Waals surface area contributed by atoms with E-state index in [0.29, 0.717) is 13.0 Å². The minimum atomic E-state index is -0.519. The summed E-state index contributed by atoms with van der Waals surface area (Å²) in [5.74, 6) is -1.18. The van der Waals surface area contributed by atoms with Gasteiger partial charge in [0.1, 0.15) is 0 Å². The monoisotopic (exact) mass is 238 g/mol. The van der Waals surface area contributed by atoms with E-state index in [1.165, 1.54) is 18.2 Å². The van der Waals surface area contributed by atoms with E-state index < -0.39 is 17.2 Å². The number of nitrogens with two attached hydrogens (primary N) is 1. The van der Waals surface area contributed by atoms with Crippen molar-refractivity contribution in [2.24, 2.45) is 5.73 Å². The predicted octanol–water partition coefficient (Wildman–Crippen LogP) is 0.955. The van der Waals surface area contributed by atoms with Gasteiger partial charge >= 0.3 is 0 Å². The van der Waals surface area contributed by atoms with E-state index in [9.17, 15) is 15.0 Å². The maximum Gasteiger partial charge on any atom is 0.255 e. The molecule has 0 bridgehead atoms. The molecule has 1 aromatic carbocycles. The summed E-state index contributed by atoms with van der Waals surface area (Å²) in [6.07, 6.45) is 0.675. The molecule has 17 heavy (non-hydrogen) atoms. The minimum Gasteiger partial charge on any atom is -0.504 e. The third-order valence-corrected chi connectivity index (χ3v) is 2.91. The van der Waals surface area contributed by atoms with E-state index in [1.54, 1.807) is 0 Å². The summed E-state index contributed by atoms with van der Waals surface area (Å²) in [7, 11) is 0. The molecule has 5 N–H and O–H groups in total. The fourth-order valence-electron chi connectivity index (χ4n) is 1.34. The summed E-state index contributed by atoms with van der Waals surface area (Å²) in [5, 5.41) is 21.6. The molecule has 0 saturated carbocycles. The van der Waals surface area contributed by atoms with Gasteiger partial charge in [-0.25, -0.2) is 0 Å². The number of hydrogen-bond donors (Lipinski definition) is 4. The molecule has 0 radical (unpaired) electrons. The first-order valence-corrected chi connectivity index (χ1v) is 5.47. The average Bonchev–Trinajstić information content (AvgIpc) is 2.32. The minimum absolute atomic E-state index is 0.0399. The van der Waals surface area contributed by atoms with Crippen LogP contribution in [0.5, 0.6) is 11.5 Å². The number of aromatic hydroxyl groups is 2. The molecule has 1 atom stereocenters. The van der Waals surface area contributed by atoms with Gasteiger partial charge in [-0.2, -0.15) is 0 Å². The van der Waals surface area contributed by atoms with Crippen molar-refractivity contribution in [3.8, 4) is 11.5 Å². The molecule has 1 rings (SSSR count). The first-order chi connectivity index (χ1) is 7.93. The smallest absolute Gasteiger partial charge is 0.255 e. The summed E-state index contributed by atoms with van der Waals surface area (Å²) in [4.78, 5) is 11.9. The van der Waals surface area contributed by atoms with Crippen LogP contribution < -0.4 is 11.1 Å². The van der Waals surface area contributed by atoms with Crippen molar-refractivity contribution in [3.05, 3.63) is 23.8 Å². The Balaban J connectivity index is 2.94.